The Hall–Kier alpha value is -2.82. The number of nitrogens with zero attached hydrogens (tertiary/aromatic N) is 1. The minimum Gasteiger partial charge on any atom is -0.362 e. The quantitative estimate of drug-likeness (QED) is 0.824. The van der Waals surface area contributed by atoms with Crippen molar-refractivity contribution in [2.75, 3.05) is 29.9 Å². The van der Waals surface area contributed by atoms with Crippen LogP contribution < -0.4 is 15.5 Å². The molecule has 2 amide bonds. The van der Waals surface area contributed by atoms with Crippen LogP contribution in [0.4, 0.5) is 11.4 Å². The summed E-state index contributed by atoms with van der Waals surface area (Å²) in [4.78, 5) is 27.2. The van der Waals surface area contributed by atoms with Crippen LogP contribution in [0.2, 0.25) is 0 Å². The first-order valence-corrected chi connectivity index (χ1v) is 9.54. The monoisotopic (exact) mass is 365 g/mol. The zero-order valence-corrected chi connectivity index (χ0v) is 16.0. The number of fused-ring (bicyclic) bond motifs is 1. The van der Waals surface area contributed by atoms with Crippen molar-refractivity contribution >= 4 is 23.2 Å². The van der Waals surface area contributed by atoms with Crippen LogP contribution in [-0.2, 0) is 11.2 Å². The summed E-state index contributed by atoms with van der Waals surface area (Å²) in [7, 11) is 0. The Morgan fingerprint density at radius 3 is 2.63 bits per heavy atom. The molecule has 0 saturated heterocycles. The van der Waals surface area contributed by atoms with Crippen molar-refractivity contribution in [1.29, 1.82) is 0 Å². The molecule has 0 unspecified atom stereocenters. The lowest BCUT2D eigenvalue weighted by Crippen LogP contribution is -2.37. The number of amides is 2. The van der Waals surface area contributed by atoms with Crippen LogP contribution in [0.25, 0.3) is 0 Å². The average Bonchev–Trinajstić information content (AvgIpc) is 2.67. The summed E-state index contributed by atoms with van der Waals surface area (Å²) < 4.78 is 0. The topological polar surface area (TPSA) is 61.4 Å². The van der Waals surface area contributed by atoms with Crippen LogP contribution in [0.1, 0.15) is 36.2 Å². The molecule has 0 atom stereocenters. The summed E-state index contributed by atoms with van der Waals surface area (Å²) in [6.07, 6.45) is 2.09. The van der Waals surface area contributed by atoms with Crippen LogP contribution in [0.15, 0.2) is 48.5 Å². The lowest BCUT2D eigenvalue weighted by atomic mass is 10.0. The van der Waals surface area contributed by atoms with Gasteiger partial charge in [0.2, 0.25) is 5.91 Å². The number of para-hydroxylation sites is 2. The molecule has 2 N–H and O–H groups in total. The second-order valence-corrected chi connectivity index (χ2v) is 7.35. The normalized spacial score (nSPS) is 13.2. The molecule has 2 aromatic rings. The predicted octanol–water partition coefficient (Wildman–Crippen LogP) is 3.46. The maximum atomic E-state index is 12.6. The van der Waals surface area contributed by atoms with Crippen molar-refractivity contribution in [2.24, 2.45) is 5.92 Å². The van der Waals surface area contributed by atoms with E-state index in [0.29, 0.717) is 23.7 Å². The molecule has 0 fully saturated rings. The van der Waals surface area contributed by atoms with Gasteiger partial charge >= 0.3 is 0 Å². The van der Waals surface area contributed by atoms with E-state index in [4.69, 9.17) is 0 Å². The number of aryl methyl sites for hydroxylation is 1. The molecule has 1 heterocycles. The number of carbonyl (C=O) groups is 2. The first kappa shape index (κ1) is 19.0. The second-order valence-electron chi connectivity index (χ2n) is 7.35. The molecule has 142 valence electrons. The average molecular weight is 365 g/mol. The van der Waals surface area contributed by atoms with Gasteiger partial charge in [-0.1, -0.05) is 44.2 Å². The van der Waals surface area contributed by atoms with Crippen molar-refractivity contribution in [1.82, 2.24) is 5.32 Å². The van der Waals surface area contributed by atoms with Crippen molar-refractivity contribution in [3.63, 3.8) is 0 Å². The SMILES string of the molecule is CC(C)CNC(=O)c1ccccc1NC(=O)CN1CCCc2ccccc21. The maximum absolute atomic E-state index is 12.6. The van der Waals surface area contributed by atoms with E-state index in [1.165, 1.54) is 5.56 Å². The first-order valence-electron chi connectivity index (χ1n) is 9.54. The number of hydrogen-bond donors (Lipinski definition) is 2. The number of benzene rings is 2. The van der Waals surface area contributed by atoms with Gasteiger partial charge in [-0.15, -0.1) is 0 Å². The fourth-order valence-electron chi connectivity index (χ4n) is 3.32. The molecule has 5 nitrogen and oxygen atoms in total. The minimum absolute atomic E-state index is 0.115. The number of carbonyl (C=O) groups excluding carboxylic acids is 2. The number of nitrogens with one attached hydrogen (secondary N) is 2. The van der Waals surface area contributed by atoms with Gasteiger partial charge in [0.25, 0.3) is 5.91 Å². The van der Waals surface area contributed by atoms with Crippen LogP contribution in [-0.4, -0.2) is 31.4 Å². The Morgan fingerprint density at radius 1 is 1.07 bits per heavy atom. The predicted molar refractivity (Wildman–Crippen MR) is 109 cm³/mol. The van der Waals surface area contributed by atoms with Gasteiger partial charge in [-0.3, -0.25) is 9.59 Å². The maximum Gasteiger partial charge on any atom is 0.253 e. The molecule has 0 bridgehead atoms. The first-order chi connectivity index (χ1) is 13.0. The van der Waals surface area contributed by atoms with Crippen LogP contribution in [0.5, 0.6) is 0 Å². The Morgan fingerprint density at radius 2 is 1.81 bits per heavy atom. The molecule has 2 aromatic carbocycles. The minimum atomic E-state index is -0.164. The highest BCUT2D eigenvalue weighted by Gasteiger charge is 2.20. The Bertz CT molecular complexity index is 817. The van der Waals surface area contributed by atoms with Gasteiger partial charge in [0, 0.05) is 18.8 Å². The van der Waals surface area contributed by atoms with Gasteiger partial charge in [-0.2, -0.15) is 0 Å². The summed E-state index contributed by atoms with van der Waals surface area (Å²) in [6.45, 7) is 5.83. The summed E-state index contributed by atoms with van der Waals surface area (Å²) in [6, 6.07) is 15.4. The number of anilines is 2. The molecule has 0 saturated carbocycles. The highest BCUT2D eigenvalue weighted by molar-refractivity contribution is 6.04. The van der Waals surface area contributed by atoms with Crippen molar-refractivity contribution in [2.45, 2.75) is 26.7 Å². The fraction of sp³-hybridized carbons (Fsp3) is 0.364. The van der Waals surface area contributed by atoms with E-state index in [9.17, 15) is 9.59 Å². The third-order valence-electron chi connectivity index (χ3n) is 4.66. The molecule has 0 radical (unpaired) electrons. The van der Waals surface area contributed by atoms with E-state index < -0.39 is 0 Å². The molecule has 5 heteroatoms. The lowest BCUT2D eigenvalue weighted by molar-refractivity contribution is -0.115. The molecule has 3 rings (SSSR count). The number of hydrogen-bond acceptors (Lipinski definition) is 3. The van der Waals surface area contributed by atoms with Crippen LogP contribution in [0, 0.1) is 5.92 Å². The molecule has 0 aliphatic carbocycles. The number of rotatable bonds is 6. The standard InChI is InChI=1S/C22H27N3O2/c1-16(2)14-23-22(27)18-10-4-5-11-19(18)24-21(26)15-25-13-7-9-17-8-3-6-12-20(17)25/h3-6,8,10-12,16H,7,9,13-15H2,1-2H3,(H,23,27)(H,24,26). The summed E-state index contributed by atoms with van der Waals surface area (Å²) in [5, 5.41) is 5.82. The van der Waals surface area contributed by atoms with Gasteiger partial charge in [0.05, 0.1) is 17.8 Å². The molecule has 0 aromatic heterocycles. The molecular weight excluding hydrogens is 338 g/mol. The zero-order valence-electron chi connectivity index (χ0n) is 16.0. The van der Waals surface area contributed by atoms with Crippen molar-refractivity contribution < 1.29 is 9.59 Å². The summed E-state index contributed by atoms with van der Waals surface area (Å²) in [5.41, 5.74) is 3.45. The Labute approximate surface area is 160 Å². The molecular formula is C22H27N3O2. The lowest BCUT2D eigenvalue weighted by Gasteiger charge is -2.30. The summed E-state index contributed by atoms with van der Waals surface area (Å²) in [5.74, 6) is 0.0913. The molecule has 0 spiro atoms. The van der Waals surface area contributed by atoms with Gasteiger partial charge < -0.3 is 15.5 Å². The highest BCUT2D eigenvalue weighted by Crippen LogP contribution is 2.26. The Kier molecular flexibility index (Phi) is 6.12. The van der Waals surface area contributed by atoms with Crippen molar-refractivity contribution in [3.05, 3.63) is 59.7 Å². The smallest absolute Gasteiger partial charge is 0.253 e. The third-order valence-corrected chi connectivity index (χ3v) is 4.66. The second kappa shape index (κ2) is 8.71. The fourth-order valence-corrected chi connectivity index (χ4v) is 3.32. The van der Waals surface area contributed by atoms with Gasteiger partial charge in [0.1, 0.15) is 0 Å². The van der Waals surface area contributed by atoms with E-state index in [-0.39, 0.29) is 18.4 Å². The van der Waals surface area contributed by atoms with Gasteiger partial charge in [-0.05, 0) is 42.5 Å². The highest BCUT2D eigenvalue weighted by atomic mass is 16.2. The summed E-state index contributed by atoms with van der Waals surface area (Å²) >= 11 is 0. The van der Waals surface area contributed by atoms with E-state index in [2.05, 4.69) is 27.7 Å². The molecule has 1 aliphatic rings. The van der Waals surface area contributed by atoms with Crippen molar-refractivity contribution in [3.8, 4) is 0 Å². The third kappa shape index (κ3) is 4.88. The van der Waals surface area contributed by atoms with E-state index in [1.54, 1.807) is 18.2 Å². The van der Waals surface area contributed by atoms with Crippen LogP contribution in [0.3, 0.4) is 0 Å². The van der Waals surface area contributed by atoms with Gasteiger partial charge in [0.15, 0.2) is 0 Å². The molecule has 1 aliphatic heterocycles. The molecule has 27 heavy (non-hydrogen) atoms. The van der Waals surface area contributed by atoms with Gasteiger partial charge in [-0.25, -0.2) is 0 Å². The largest absolute Gasteiger partial charge is 0.362 e. The van der Waals surface area contributed by atoms with E-state index in [1.807, 2.05) is 32.0 Å². The van der Waals surface area contributed by atoms with E-state index >= 15 is 0 Å². The zero-order chi connectivity index (χ0) is 19.2. The van der Waals surface area contributed by atoms with E-state index in [0.717, 1.165) is 25.1 Å². The Balaban J connectivity index is 1.68. The van der Waals surface area contributed by atoms with Crippen LogP contribution >= 0.6 is 0 Å².